The minimum atomic E-state index is -0.687. The molecule has 1 aromatic heterocycles. The van der Waals surface area contributed by atoms with Crippen LogP contribution in [0.15, 0.2) is 28.6 Å². The van der Waals surface area contributed by atoms with Crippen molar-refractivity contribution in [3.63, 3.8) is 0 Å². The summed E-state index contributed by atoms with van der Waals surface area (Å²) in [6, 6.07) is 3.06. The number of nitrogens with zero attached hydrogens (tertiary/aromatic N) is 2. The molecule has 1 aliphatic heterocycles. The Morgan fingerprint density at radius 3 is 3.10 bits per heavy atom. The van der Waals surface area contributed by atoms with Gasteiger partial charge in [-0.05, 0) is 50.4 Å². The van der Waals surface area contributed by atoms with Crippen LogP contribution in [-0.4, -0.2) is 59.9 Å². The van der Waals surface area contributed by atoms with Crippen LogP contribution in [0.25, 0.3) is 0 Å². The van der Waals surface area contributed by atoms with E-state index in [1.807, 2.05) is 12.3 Å². The van der Waals surface area contributed by atoms with E-state index in [4.69, 9.17) is 11.6 Å². The van der Waals surface area contributed by atoms with Crippen molar-refractivity contribution in [1.82, 2.24) is 15.2 Å². The molecular weight excluding hydrogens is 433 g/mol. The Balaban J connectivity index is 1.41. The van der Waals surface area contributed by atoms with Crippen LogP contribution in [-0.2, 0) is 0 Å². The molecule has 4 N–H and O–H groups in total. The Kier molecular flexibility index (Phi) is 8.40. The number of unbranched alkanes of at least 4 members (excludes halogenated alkanes) is 1. The van der Waals surface area contributed by atoms with Gasteiger partial charge in [0.05, 0.1) is 21.2 Å². The maximum Gasteiger partial charge on any atom is 0.192 e. The zero-order valence-corrected chi connectivity index (χ0v) is 18.8. The highest BCUT2D eigenvalue weighted by Crippen LogP contribution is 2.32. The number of aromatic nitrogens is 1. The van der Waals surface area contributed by atoms with Gasteiger partial charge in [0.25, 0.3) is 0 Å². The number of hydrogen-bond donors (Lipinski definition) is 4. The second-order valence-electron chi connectivity index (χ2n) is 7.39. The van der Waals surface area contributed by atoms with Crippen LogP contribution in [0.2, 0.25) is 5.02 Å². The molecule has 1 fully saturated rings. The number of hydrogen-bond acceptors (Lipinski definition) is 8. The summed E-state index contributed by atoms with van der Waals surface area (Å²) in [6.45, 7) is 6.65. The molecule has 0 aliphatic carbocycles. The number of anilines is 2. The number of nitrogens with one attached hydrogen (secondary N) is 3. The van der Waals surface area contributed by atoms with Crippen molar-refractivity contribution in [3.05, 3.63) is 34.5 Å². The van der Waals surface area contributed by atoms with E-state index in [0.717, 1.165) is 49.6 Å². The van der Waals surface area contributed by atoms with Crippen molar-refractivity contribution in [1.29, 1.82) is 0 Å². The highest BCUT2D eigenvalue weighted by atomic mass is 35.5. The fraction of sp³-hybridized carbons (Fsp3) is 0.526. The molecule has 10 heteroatoms. The van der Waals surface area contributed by atoms with Crippen molar-refractivity contribution in [3.8, 4) is 0 Å². The van der Waals surface area contributed by atoms with Gasteiger partial charge in [-0.1, -0.05) is 11.6 Å². The topological polar surface area (TPSA) is 72.5 Å². The minimum Gasteiger partial charge on any atom is -0.388 e. The van der Waals surface area contributed by atoms with Gasteiger partial charge in [0, 0.05) is 44.3 Å². The summed E-state index contributed by atoms with van der Waals surface area (Å²) < 4.78 is 17.4. The van der Waals surface area contributed by atoms with Crippen molar-refractivity contribution in [2.75, 3.05) is 49.3 Å². The lowest BCUT2D eigenvalue weighted by Crippen LogP contribution is -2.43. The fourth-order valence-electron chi connectivity index (χ4n) is 3.20. The summed E-state index contributed by atoms with van der Waals surface area (Å²) in [4.78, 5) is 6.82. The normalized spacial score (nSPS) is 20.4. The first-order valence-corrected chi connectivity index (χ1v) is 11.7. The number of β-amino-alcohol motifs (C(OH)–C–C–N with tert-alkyl or cyclic N) is 1. The number of benzene rings is 1. The summed E-state index contributed by atoms with van der Waals surface area (Å²) in [7, 11) is 0. The van der Waals surface area contributed by atoms with Crippen LogP contribution >= 0.6 is 34.9 Å². The average Bonchev–Trinajstić information content (AvgIpc) is 3.12. The smallest absolute Gasteiger partial charge is 0.192 e. The van der Waals surface area contributed by atoms with E-state index >= 15 is 0 Å². The van der Waals surface area contributed by atoms with Crippen LogP contribution in [0, 0.1) is 5.82 Å². The molecule has 0 bridgehead atoms. The number of thiazole rings is 1. The molecule has 1 aromatic carbocycles. The van der Waals surface area contributed by atoms with Crippen molar-refractivity contribution in [2.24, 2.45) is 0 Å². The van der Waals surface area contributed by atoms with Gasteiger partial charge < -0.3 is 20.5 Å². The monoisotopic (exact) mass is 459 g/mol. The highest BCUT2D eigenvalue weighted by Gasteiger charge is 2.25. The summed E-state index contributed by atoms with van der Waals surface area (Å²) in [6.07, 6.45) is 3.62. The number of halogens is 2. The summed E-state index contributed by atoms with van der Waals surface area (Å²) in [5.41, 5.74) is -0.0850. The molecule has 2 heterocycles. The SMILES string of the molecule is CC1(O)CNCCN(CCCCNc2cc(F)c(SNc3nccs3)cc2Cl)C1. The largest absolute Gasteiger partial charge is 0.388 e. The quantitative estimate of drug-likeness (QED) is 0.335. The summed E-state index contributed by atoms with van der Waals surface area (Å²) in [5, 5.41) is 19.8. The van der Waals surface area contributed by atoms with Crippen molar-refractivity contribution >= 4 is 45.7 Å². The Morgan fingerprint density at radius 1 is 1.45 bits per heavy atom. The maximum atomic E-state index is 14.4. The van der Waals surface area contributed by atoms with Crippen LogP contribution < -0.4 is 15.4 Å². The first-order chi connectivity index (χ1) is 13.9. The highest BCUT2D eigenvalue weighted by molar-refractivity contribution is 8.00. The van der Waals surface area contributed by atoms with E-state index in [9.17, 15) is 9.50 Å². The molecular formula is C19H27ClFN5OS2. The maximum absolute atomic E-state index is 14.4. The average molecular weight is 460 g/mol. The Labute approximate surface area is 184 Å². The zero-order valence-electron chi connectivity index (χ0n) is 16.4. The number of aliphatic hydroxyl groups is 1. The van der Waals surface area contributed by atoms with Crippen molar-refractivity contribution < 1.29 is 9.50 Å². The Hall–Kier alpha value is -1.10. The predicted octanol–water partition coefficient (Wildman–Crippen LogP) is 3.90. The summed E-state index contributed by atoms with van der Waals surface area (Å²) >= 11 is 8.93. The summed E-state index contributed by atoms with van der Waals surface area (Å²) in [5.74, 6) is -0.328. The third-order valence-electron chi connectivity index (χ3n) is 4.59. The van der Waals surface area contributed by atoms with Gasteiger partial charge in [-0.2, -0.15) is 0 Å². The molecule has 1 aliphatic rings. The third-order valence-corrected chi connectivity index (χ3v) is 6.55. The molecule has 0 saturated carbocycles. The zero-order chi connectivity index (χ0) is 20.7. The van der Waals surface area contributed by atoms with Gasteiger partial charge in [-0.15, -0.1) is 11.3 Å². The van der Waals surface area contributed by atoms with E-state index in [-0.39, 0.29) is 5.82 Å². The lowest BCUT2D eigenvalue weighted by Gasteiger charge is -2.27. The van der Waals surface area contributed by atoms with E-state index in [2.05, 4.69) is 25.2 Å². The van der Waals surface area contributed by atoms with E-state index in [0.29, 0.717) is 35.2 Å². The Morgan fingerprint density at radius 2 is 2.31 bits per heavy atom. The second-order valence-corrected chi connectivity index (χ2v) is 9.54. The molecule has 1 atom stereocenters. The molecule has 160 valence electrons. The molecule has 0 radical (unpaired) electrons. The molecule has 1 unspecified atom stereocenters. The standard InChI is InChI=1S/C19H27ClFN5OS2/c1-19(27)12-22-5-8-26(13-19)7-3-2-4-23-16-11-15(21)17(10-14(16)20)29-25-18-24-6-9-28-18/h6,9-11,22-23,27H,2-5,7-8,12-13H2,1H3,(H,24,25). The molecule has 0 spiro atoms. The van der Waals surface area contributed by atoms with Crippen LogP contribution in [0.4, 0.5) is 15.2 Å². The van der Waals surface area contributed by atoms with Gasteiger partial charge in [0.1, 0.15) is 5.82 Å². The lowest BCUT2D eigenvalue weighted by atomic mass is 10.1. The van der Waals surface area contributed by atoms with E-state index in [1.165, 1.54) is 17.4 Å². The lowest BCUT2D eigenvalue weighted by molar-refractivity contribution is 0.0339. The second kappa shape index (κ2) is 10.8. The molecule has 6 nitrogen and oxygen atoms in total. The molecule has 0 amide bonds. The van der Waals surface area contributed by atoms with Crippen molar-refractivity contribution in [2.45, 2.75) is 30.3 Å². The van der Waals surface area contributed by atoms with Gasteiger partial charge in [0.2, 0.25) is 0 Å². The first kappa shape index (κ1) is 22.6. The third kappa shape index (κ3) is 7.27. The number of rotatable bonds is 9. The predicted molar refractivity (Wildman–Crippen MR) is 121 cm³/mol. The Bertz CT molecular complexity index is 778. The van der Waals surface area contributed by atoms with Crippen LogP contribution in [0.3, 0.4) is 0 Å². The van der Waals surface area contributed by atoms with Gasteiger partial charge >= 0.3 is 0 Å². The van der Waals surface area contributed by atoms with Gasteiger partial charge in [-0.25, -0.2) is 9.37 Å². The molecule has 3 rings (SSSR count). The van der Waals surface area contributed by atoms with Gasteiger partial charge in [-0.3, -0.25) is 4.90 Å². The van der Waals surface area contributed by atoms with Crippen LogP contribution in [0.5, 0.6) is 0 Å². The minimum absolute atomic E-state index is 0.328. The van der Waals surface area contributed by atoms with E-state index < -0.39 is 5.60 Å². The van der Waals surface area contributed by atoms with Gasteiger partial charge in [0.15, 0.2) is 5.13 Å². The molecule has 2 aromatic rings. The molecule has 1 saturated heterocycles. The molecule has 29 heavy (non-hydrogen) atoms. The first-order valence-electron chi connectivity index (χ1n) is 9.64. The van der Waals surface area contributed by atoms with Crippen LogP contribution in [0.1, 0.15) is 19.8 Å². The fourth-order valence-corrected chi connectivity index (χ4v) is 4.77. The van der Waals surface area contributed by atoms with E-state index in [1.54, 1.807) is 12.3 Å².